The lowest BCUT2D eigenvalue weighted by atomic mass is 9.99. The maximum absolute atomic E-state index is 12.9. The van der Waals surface area contributed by atoms with Gasteiger partial charge in [0.25, 0.3) is 5.91 Å². The van der Waals surface area contributed by atoms with E-state index in [4.69, 9.17) is 4.74 Å². The number of benzene rings is 1. The van der Waals surface area contributed by atoms with Crippen molar-refractivity contribution < 1.29 is 9.53 Å². The Hall–Kier alpha value is -1.37. The number of fused-ring (bicyclic) bond motifs is 1. The molecule has 2 aliphatic heterocycles. The minimum atomic E-state index is 0.0907. The maximum Gasteiger partial charge on any atom is 0.255 e. The van der Waals surface area contributed by atoms with Crippen LogP contribution >= 0.6 is 27.3 Å². The molecule has 0 unspecified atom stereocenters. The van der Waals surface area contributed by atoms with Crippen molar-refractivity contribution in [1.82, 2.24) is 9.80 Å². The van der Waals surface area contributed by atoms with Gasteiger partial charge in [0.05, 0.1) is 12.7 Å². The van der Waals surface area contributed by atoms with Gasteiger partial charge < -0.3 is 9.64 Å². The fraction of sp³-hybridized carbons (Fsp3) is 0.450. The van der Waals surface area contributed by atoms with Crippen molar-refractivity contribution in [3.8, 4) is 5.75 Å². The highest BCUT2D eigenvalue weighted by Gasteiger charge is 2.30. The quantitative estimate of drug-likeness (QED) is 0.725. The average Bonchev–Trinajstić information content (AvgIpc) is 3.16. The topological polar surface area (TPSA) is 32.8 Å². The van der Waals surface area contributed by atoms with Crippen LogP contribution in [0.2, 0.25) is 0 Å². The number of halogens is 1. The first kappa shape index (κ1) is 18.0. The number of nitrogens with zero attached hydrogens (tertiary/aromatic N) is 2. The van der Waals surface area contributed by atoms with E-state index in [0.29, 0.717) is 17.4 Å². The van der Waals surface area contributed by atoms with E-state index in [0.717, 1.165) is 43.5 Å². The molecule has 0 N–H and O–H groups in total. The molecule has 3 heterocycles. The van der Waals surface area contributed by atoms with Crippen LogP contribution < -0.4 is 4.74 Å². The van der Waals surface area contributed by atoms with E-state index in [9.17, 15) is 4.79 Å². The zero-order chi connectivity index (χ0) is 18.1. The van der Waals surface area contributed by atoms with Crippen molar-refractivity contribution >= 4 is 33.2 Å². The Morgan fingerprint density at radius 2 is 2.04 bits per heavy atom. The minimum Gasteiger partial charge on any atom is -0.497 e. The van der Waals surface area contributed by atoms with Gasteiger partial charge in [-0.25, -0.2) is 0 Å². The highest BCUT2D eigenvalue weighted by atomic mass is 79.9. The van der Waals surface area contributed by atoms with Gasteiger partial charge in [0.2, 0.25) is 0 Å². The van der Waals surface area contributed by atoms with Crippen LogP contribution in [0.1, 0.15) is 33.6 Å². The summed E-state index contributed by atoms with van der Waals surface area (Å²) in [4.78, 5) is 19.1. The Morgan fingerprint density at radius 3 is 2.81 bits per heavy atom. The van der Waals surface area contributed by atoms with Crippen molar-refractivity contribution in [2.24, 2.45) is 0 Å². The summed E-state index contributed by atoms with van der Waals surface area (Å²) in [6.45, 7) is 3.85. The Bertz CT molecular complexity index is 799. The molecule has 0 atom stereocenters. The van der Waals surface area contributed by atoms with Gasteiger partial charge in [0.1, 0.15) is 5.75 Å². The number of amides is 1. The van der Waals surface area contributed by atoms with E-state index < -0.39 is 0 Å². The number of carbonyl (C=O) groups excluding carboxylic acids is 1. The molecule has 6 heteroatoms. The third kappa shape index (κ3) is 3.55. The summed E-state index contributed by atoms with van der Waals surface area (Å²) < 4.78 is 6.09. The normalized spacial score (nSPS) is 18.6. The summed E-state index contributed by atoms with van der Waals surface area (Å²) >= 11 is 5.39. The van der Waals surface area contributed by atoms with Gasteiger partial charge in [-0.1, -0.05) is 0 Å². The van der Waals surface area contributed by atoms with Crippen molar-refractivity contribution in [2.45, 2.75) is 31.8 Å². The molecule has 1 amide bonds. The molecule has 4 rings (SSSR count). The molecule has 1 saturated heterocycles. The maximum atomic E-state index is 12.9. The molecule has 0 aliphatic carbocycles. The van der Waals surface area contributed by atoms with E-state index in [1.54, 1.807) is 12.0 Å². The number of rotatable bonds is 3. The van der Waals surface area contributed by atoms with Crippen LogP contribution in [0.3, 0.4) is 0 Å². The minimum absolute atomic E-state index is 0.0907. The fourth-order valence-corrected chi connectivity index (χ4v) is 5.29. The molecule has 26 heavy (non-hydrogen) atoms. The highest BCUT2D eigenvalue weighted by molar-refractivity contribution is 9.10. The van der Waals surface area contributed by atoms with Gasteiger partial charge in [-0.05, 0) is 70.4 Å². The van der Waals surface area contributed by atoms with Crippen LogP contribution in [0.25, 0.3) is 0 Å². The first-order valence-corrected chi connectivity index (χ1v) is 10.7. The third-order valence-electron chi connectivity index (χ3n) is 5.51. The van der Waals surface area contributed by atoms with Gasteiger partial charge in [-0.3, -0.25) is 9.69 Å². The first-order valence-electron chi connectivity index (χ1n) is 9.08. The third-order valence-corrected chi connectivity index (χ3v) is 7.22. The summed E-state index contributed by atoms with van der Waals surface area (Å²) in [5.74, 6) is 0.805. The first-order chi connectivity index (χ1) is 12.7. The number of hydrogen-bond donors (Lipinski definition) is 0. The van der Waals surface area contributed by atoms with Crippen LogP contribution in [0.15, 0.2) is 34.1 Å². The number of thiophene rings is 1. The summed E-state index contributed by atoms with van der Waals surface area (Å²) in [6, 6.07) is 8.42. The SMILES string of the molecule is COc1ccc(Br)c(C(=O)N2CCC(N3CCc4sccc4C3)CC2)c1. The van der Waals surface area contributed by atoms with Gasteiger partial charge in [-0.15, -0.1) is 11.3 Å². The van der Waals surface area contributed by atoms with E-state index >= 15 is 0 Å². The molecule has 0 saturated carbocycles. The molecule has 4 nitrogen and oxygen atoms in total. The second kappa shape index (κ2) is 7.71. The van der Waals surface area contributed by atoms with E-state index in [2.05, 4.69) is 32.3 Å². The molecule has 0 bridgehead atoms. The molecule has 2 aromatic rings. The fourth-order valence-electron chi connectivity index (χ4n) is 3.98. The van der Waals surface area contributed by atoms with Crippen LogP contribution in [0.4, 0.5) is 0 Å². The molecular formula is C20H23BrN2O2S. The number of piperidine rings is 1. The van der Waals surface area contributed by atoms with Crippen LogP contribution in [-0.2, 0) is 13.0 Å². The van der Waals surface area contributed by atoms with E-state index in [1.165, 1.54) is 12.0 Å². The Balaban J connectivity index is 1.39. The summed E-state index contributed by atoms with van der Waals surface area (Å²) in [5.41, 5.74) is 2.18. The van der Waals surface area contributed by atoms with Gasteiger partial charge >= 0.3 is 0 Å². The Morgan fingerprint density at radius 1 is 1.23 bits per heavy atom. The second-order valence-corrected chi connectivity index (χ2v) is 8.81. The molecule has 138 valence electrons. The number of carbonyl (C=O) groups is 1. The van der Waals surface area contributed by atoms with Crippen molar-refractivity contribution in [3.63, 3.8) is 0 Å². The van der Waals surface area contributed by atoms with Gasteiger partial charge in [0, 0.05) is 41.6 Å². The van der Waals surface area contributed by atoms with Crippen LogP contribution in [0, 0.1) is 0 Å². The summed E-state index contributed by atoms with van der Waals surface area (Å²) in [6.07, 6.45) is 3.27. The monoisotopic (exact) mass is 434 g/mol. The number of likely N-dealkylation sites (tertiary alicyclic amines) is 1. The Kier molecular flexibility index (Phi) is 5.34. The standard InChI is InChI=1S/C20H23BrN2O2S/c1-25-16-2-3-18(21)17(12-16)20(24)22-8-4-15(5-9-22)23-10-6-19-14(13-23)7-11-26-19/h2-3,7,11-12,15H,4-6,8-10,13H2,1H3. The van der Waals surface area contributed by atoms with Crippen molar-refractivity contribution in [2.75, 3.05) is 26.7 Å². The van der Waals surface area contributed by atoms with Crippen LogP contribution in [0.5, 0.6) is 5.75 Å². The summed E-state index contributed by atoms with van der Waals surface area (Å²) in [7, 11) is 1.63. The van der Waals surface area contributed by atoms with Crippen molar-refractivity contribution in [1.29, 1.82) is 0 Å². The largest absolute Gasteiger partial charge is 0.497 e. The lowest BCUT2D eigenvalue weighted by molar-refractivity contribution is 0.0599. The predicted octanol–water partition coefficient (Wildman–Crippen LogP) is 4.18. The van der Waals surface area contributed by atoms with Crippen LogP contribution in [-0.4, -0.2) is 48.5 Å². The van der Waals surface area contributed by atoms with E-state index in [-0.39, 0.29) is 5.91 Å². The molecule has 1 fully saturated rings. The number of ether oxygens (including phenoxy) is 1. The van der Waals surface area contributed by atoms with Crippen molar-refractivity contribution in [3.05, 3.63) is 50.1 Å². The second-order valence-electron chi connectivity index (χ2n) is 6.96. The number of hydrogen-bond acceptors (Lipinski definition) is 4. The lowest BCUT2D eigenvalue weighted by Crippen LogP contribution is -2.48. The molecule has 1 aromatic heterocycles. The molecule has 0 radical (unpaired) electrons. The number of methoxy groups -OCH3 is 1. The van der Waals surface area contributed by atoms with E-state index in [1.807, 2.05) is 34.4 Å². The average molecular weight is 435 g/mol. The molecule has 1 aromatic carbocycles. The lowest BCUT2D eigenvalue weighted by Gasteiger charge is -2.40. The highest BCUT2D eigenvalue weighted by Crippen LogP contribution is 2.29. The van der Waals surface area contributed by atoms with Gasteiger partial charge in [0.15, 0.2) is 0 Å². The zero-order valence-electron chi connectivity index (χ0n) is 14.9. The predicted molar refractivity (Wildman–Crippen MR) is 108 cm³/mol. The summed E-state index contributed by atoms with van der Waals surface area (Å²) in [5, 5.41) is 2.21. The zero-order valence-corrected chi connectivity index (χ0v) is 17.3. The molecule has 0 spiro atoms. The molecular weight excluding hydrogens is 412 g/mol. The molecule has 2 aliphatic rings. The Labute approximate surface area is 166 Å². The smallest absolute Gasteiger partial charge is 0.255 e. The van der Waals surface area contributed by atoms with Gasteiger partial charge in [-0.2, -0.15) is 0 Å².